The Hall–Kier alpha value is -2.00. The number of hydrogen-bond donors (Lipinski definition) is 2. The van der Waals surface area contributed by atoms with Gasteiger partial charge in [0.2, 0.25) is 5.28 Å². The highest BCUT2D eigenvalue weighted by atomic mass is 35.5. The summed E-state index contributed by atoms with van der Waals surface area (Å²) in [5.41, 5.74) is 0.255. The molecule has 1 amide bonds. The molecule has 0 aliphatic heterocycles. The quantitative estimate of drug-likeness (QED) is 0.630. The largest absolute Gasteiger partial charge is 0.444 e. The van der Waals surface area contributed by atoms with Gasteiger partial charge in [0.25, 0.3) is 0 Å². The second-order valence-corrected chi connectivity index (χ2v) is 7.45. The molecule has 0 spiro atoms. The third kappa shape index (κ3) is 6.43. The number of carbonyl (C=O) groups is 1. The molecule has 0 bridgehead atoms. The SMILES string of the molecule is CCCNc1nc(Cl)ncc1C#CC1CC(NC(=O)OC(C)(C)C)C1. The number of amides is 1. The van der Waals surface area contributed by atoms with E-state index in [2.05, 4.69) is 39.4 Å². The Morgan fingerprint density at radius 3 is 2.80 bits per heavy atom. The molecule has 1 heterocycles. The number of nitrogens with one attached hydrogen (secondary N) is 2. The van der Waals surface area contributed by atoms with Gasteiger partial charge in [-0.2, -0.15) is 4.98 Å². The summed E-state index contributed by atoms with van der Waals surface area (Å²) in [6.07, 6.45) is 3.88. The van der Waals surface area contributed by atoms with Crippen molar-refractivity contribution in [1.82, 2.24) is 15.3 Å². The molecule has 2 N–H and O–H groups in total. The molecule has 0 atom stereocenters. The fourth-order valence-corrected chi connectivity index (χ4v) is 2.47. The lowest BCUT2D eigenvalue weighted by atomic mass is 9.81. The summed E-state index contributed by atoms with van der Waals surface area (Å²) in [6.45, 7) is 8.42. The minimum Gasteiger partial charge on any atom is -0.444 e. The molecule has 1 aliphatic rings. The van der Waals surface area contributed by atoms with Gasteiger partial charge in [-0.25, -0.2) is 9.78 Å². The Labute approximate surface area is 154 Å². The molecular weight excluding hydrogens is 340 g/mol. The number of carbonyl (C=O) groups excluding carboxylic acids is 1. The number of rotatable bonds is 4. The lowest BCUT2D eigenvalue weighted by molar-refractivity contribution is 0.0467. The van der Waals surface area contributed by atoms with Crippen molar-refractivity contribution in [3.8, 4) is 11.8 Å². The minimum absolute atomic E-state index is 0.119. The maximum absolute atomic E-state index is 11.7. The average molecular weight is 365 g/mol. The van der Waals surface area contributed by atoms with Gasteiger partial charge >= 0.3 is 6.09 Å². The van der Waals surface area contributed by atoms with Crippen LogP contribution in [0.2, 0.25) is 5.28 Å². The zero-order valence-corrected chi connectivity index (χ0v) is 15.9. The predicted molar refractivity (Wildman–Crippen MR) is 98.6 cm³/mol. The second-order valence-electron chi connectivity index (χ2n) is 7.11. The van der Waals surface area contributed by atoms with Crippen LogP contribution < -0.4 is 10.6 Å². The average Bonchev–Trinajstić information content (AvgIpc) is 2.46. The molecule has 1 saturated carbocycles. The molecule has 1 aliphatic carbocycles. The number of ether oxygens (including phenoxy) is 1. The standard InChI is InChI=1S/C18H25ClN4O2/c1-5-8-20-15-13(11-21-16(19)23-15)7-6-12-9-14(10-12)22-17(24)25-18(2,3)4/h11-12,14H,5,8-10H2,1-4H3,(H,22,24)(H,20,21,23). The summed E-state index contributed by atoms with van der Waals surface area (Å²) < 4.78 is 5.25. The first kappa shape index (κ1) is 19.3. The van der Waals surface area contributed by atoms with Crippen LogP contribution >= 0.6 is 11.6 Å². The molecular formula is C18H25ClN4O2. The summed E-state index contributed by atoms with van der Waals surface area (Å²) in [5, 5.41) is 6.28. The summed E-state index contributed by atoms with van der Waals surface area (Å²) >= 11 is 5.85. The first-order valence-corrected chi connectivity index (χ1v) is 8.92. The monoisotopic (exact) mass is 364 g/mol. The van der Waals surface area contributed by atoms with Crippen LogP contribution in [0.25, 0.3) is 0 Å². The van der Waals surface area contributed by atoms with Crippen molar-refractivity contribution in [2.75, 3.05) is 11.9 Å². The highest BCUT2D eigenvalue weighted by Gasteiger charge is 2.30. The zero-order valence-electron chi connectivity index (χ0n) is 15.1. The summed E-state index contributed by atoms with van der Waals surface area (Å²) in [5.74, 6) is 7.25. The van der Waals surface area contributed by atoms with Crippen LogP contribution in [-0.2, 0) is 4.74 Å². The van der Waals surface area contributed by atoms with Gasteiger partial charge < -0.3 is 15.4 Å². The third-order valence-electron chi connectivity index (χ3n) is 3.57. The normalized spacial score (nSPS) is 19.2. The van der Waals surface area contributed by atoms with Crippen molar-refractivity contribution in [3.63, 3.8) is 0 Å². The lowest BCUT2D eigenvalue weighted by Gasteiger charge is -2.33. The van der Waals surface area contributed by atoms with Gasteiger partial charge in [0.1, 0.15) is 11.4 Å². The molecule has 7 heteroatoms. The van der Waals surface area contributed by atoms with Gasteiger partial charge in [0.15, 0.2) is 0 Å². The van der Waals surface area contributed by atoms with Gasteiger partial charge in [0.05, 0.1) is 5.56 Å². The Bertz CT molecular complexity index is 670. The Balaban J connectivity index is 1.87. The molecule has 136 valence electrons. The molecule has 1 fully saturated rings. The highest BCUT2D eigenvalue weighted by Crippen LogP contribution is 2.27. The van der Waals surface area contributed by atoms with Crippen LogP contribution in [0.15, 0.2) is 6.20 Å². The van der Waals surface area contributed by atoms with Crippen molar-refractivity contribution in [2.45, 2.75) is 58.6 Å². The Morgan fingerprint density at radius 2 is 2.16 bits per heavy atom. The van der Waals surface area contributed by atoms with E-state index < -0.39 is 5.60 Å². The Kier molecular flexibility index (Phi) is 6.49. The first-order valence-electron chi connectivity index (χ1n) is 8.54. The maximum Gasteiger partial charge on any atom is 0.407 e. The third-order valence-corrected chi connectivity index (χ3v) is 3.75. The topological polar surface area (TPSA) is 76.1 Å². The van der Waals surface area contributed by atoms with Gasteiger partial charge in [0, 0.05) is 24.7 Å². The molecule has 0 saturated heterocycles. The van der Waals surface area contributed by atoms with E-state index in [0.29, 0.717) is 5.82 Å². The van der Waals surface area contributed by atoms with Crippen LogP contribution in [0.4, 0.5) is 10.6 Å². The molecule has 6 nitrogen and oxygen atoms in total. The van der Waals surface area contributed by atoms with Gasteiger partial charge in [-0.3, -0.25) is 0 Å². The molecule has 25 heavy (non-hydrogen) atoms. The maximum atomic E-state index is 11.7. The summed E-state index contributed by atoms with van der Waals surface area (Å²) in [4.78, 5) is 19.9. The predicted octanol–water partition coefficient (Wildman–Crippen LogP) is 3.61. The lowest BCUT2D eigenvalue weighted by Crippen LogP contribution is -2.45. The van der Waals surface area contributed by atoms with E-state index in [0.717, 1.165) is 31.4 Å². The van der Waals surface area contributed by atoms with Crippen molar-refractivity contribution in [3.05, 3.63) is 17.0 Å². The summed E-state index contributed by atoms with van der Waals surface area (Å²) in [6, 6.07) is 0.119. The molecule has 0 radical (unpaired) electrons. The van der Waals surface area contributed by atoms with Crippen LogP contribution in [0, 0.1) is 17.8 Å². The highest BCUT2D eigenvalue weighted by molar-refractivity contribution is 6.28. The number of alkyl carbamates (subject to hydrolysis) is 1. The molecule has 0 aromatic carbocycles. The van der Waals surface area contributed by atoms with Crippen molar-refractivity contribution in [1.29, 1.82) is 0 Å². The fourth-order valence-electron chi connectivity index (χ4n) is 2.34. The fraction of sp³-hybridized carbons (Fsp3) is 0.611. The van der Waals surface area contributed by atoms with E-state index in [9.17, 15) is 4.79 Å². The van der Waals surface area contributed by atoms with Crippen LogP contribution in [0.5, 0.6) is 0 Å². The molecule has 1 aromatic rings. The van der Waals surface area contributed by atoms with E-state index in [4.69, 9.17) is 16.3 Å². The van der Waals surface area contributed by atoms with Crippen molar-refractivity contribution >= 4 is 23.5 Å². The number of halogens is 1. The van der Waals surface area contributed by atoms with E-state index in [1.54, 1.807) is 6.20 Å². The first-order chi connectivity index (χ1) is 11.8. The van der Waals surface area contributed by atoms with Gasteiger partial charge in [-0.1, -0.05) is 18.8 Å². The van der Waals surface area contributed by atoms with E-state index in [-0.39, 0.29) is 23.3 Å². The zero-order chi connectivity index (χ0) is 18.4. The minimum atomic E-state index is -0.483. The van der Waals surface area contributed by atoms with Crippen molar-refractivity contribution < 1.29 is 9.53 Å². The van der Waals surface area contributed by atoms with Gasteiger partial charge in [-0.05, 0) is 51.6 Å². The van der Waals surface area contributed by atoms with Crippen LogP contribution in [0.1, 0.15) is 52.5 Å². The van der Waals surface area contributed by atoms with Gasteiger partial charge in [-0.15, -0.1) is 0 Å². The second kappa shape index (κ2) is 8.39. The van der Waals surface area contributed by atoms with Crippen LogP contribution in [-0.4, -0.2) is 34.2 Å². The van der Waals surface area contributed by atoms with Crippen molar-refractivity contribution in [2.24, 2.45) is 5.92 Å². The molecule has 1 aromatic heterocycles. The number of nitrogens with zero attached hydrogens (tertiary/aromatic N) is 2. The smallest absolute Gasteiger partial charge is 0.407 e. The summed E-state index contributed by atoms with van der Waals surface area (Å²) in [7, 11) is 0. The number of anilines is 1. The van der Waals surface area contributed by atoms with E-state index in [1.807, 2.05) is 20.8 Å². The number of hydrogen-bond acceptors (Lipinski definition) is 5. The van der Waals surface area contributed by atoms with E-state index in [1.165, 1.54) is 0 Å². The molecule has 0 unspecified atom stereocenters. The molecule has 2 rings (SSSR count). The Morgan fingerprint density at radius 1 is 1.44 bits per heavy atom. The van der Waals surface area contributed by atoms with Crippen LogP contribution in [0.3, 0.4) is 0 Å². The van der Waals surface area contributed by atoms with E-state index >= 15 is 0 Å². The number of aromatic nitrogens is 2.